The number of hydrogen-bond acceptors (Lipinski definition) is 4. The Morgan fingerprint density at radius 2 is 1.83 bits per heavy atom. The second kappa shape index (κ2) is 7.78. The van der Waals surface area contributed by atoms with E-state index in [9.17, 15) is 4.79 Å². The van der Waals surface area contributed by atoms with Gasteiger partial charge in [-0.25, -0.2) is 5.43 Å². The largest absolute Gasteiger partial charge is 0.493 e. The summed E-state index contributed by atoms with van der Waals surface area (Å²) in [5.41, 5.74) is 4.91. The molecule has 0 saturated heterocycles. The van der Waals surface area contributed by atoms with Gasteiger partial charge in [0.05, 0.1) is 24.9 Å². The lowest BCUT2D eigenvalue weighted by atomic mass is 10.1. The number of carbonyl (C=O) groups excluding carboxylic acids is 1. The highest BCUT2D eigenvalue weighted by Gasteiger charge is 2.11. The van der Waals surface area contributed by atoms with Crippen molar-refractivity contribution >= 4 is 28.1 Å². The van der Waals surface area contributed by atoms with Crippen LogP contribution in [-0.4, -0.2) is 26.3 Å². The maximum Gasteiger partial charge on any atom is 0.271 e. The van der Waals surface area contributed by atoms with Crippen LogP contribution in [0.15, 0.2) is 46.0 Å². The number of amides is 1. The van der Waals surface area contributed by atoms with Crippen LogP contribution >= 0.6 is 15.9 Å². The lowest BCUT2D eigenvalue weighted by Crippen LogP contribution is -2.17. The van der Waals surface area contributed by atoms with Crippen molar-refractivity contribution in [3.63, 3.8) is 0 Å². The van der Waals surface area contributed by atoms with E-state index in [-0.39, 0.29) is 5.91 Å². The van der Waals surface area contributed by atoms with E-state index in [1.54, 1.807) is 32.4 Å². The van der Waals surface area contributed by atoms with Crippen LogP contribution in [0.5, 0.6) is 11.5 Å². The molecule has 2 aromatic rings. The van der Waals surface area contributed by atoms with Crippen LogP contribution in [-0.2, 0) is 0 Å². The zero-order valence-electron chi connectivity index (χ0n) is 13.1. The Bertz CT molecular complexity index is 727. The minimum Gasteiger partial charge on any atom is -0.493 e. The summed E-state index contributed by atoms with van der Waals surface area (Å²) in [6.45, 7) is 1.97. The van der Waals surface area contributed by atoms with Crippen molar-refractivity contribution in [2.24, 2.45) is 5.10 Å². The summed E-state index contributed by atoms with van der Waals surface area (Å²) in [6, 6.07) is 10.9. The van der Waals surface area contributed by atoms with E-state index in [0.29, 0.717) is 21.5 Å². The van der Waals surface area contributed by atoms with Crippen LogP contribution in [0.1, 0.15) is 21.5 Å². The minimum absolute atomic E-state index is 0.266. The number of carbonyl (C=O) groups is 1. The molecule has 0 saturated carbocycles. The molecule has 0 atom stereocenters. The lowest BCUT2D eigenvalue weighted by molar-refractivity contribution is 0.0955. The number of ether oxygens (including phenoxy) is 2. The Morgan fingerprint density at radius 3 is 2.43 bits per heavy atom. The summed E-state index contributed by atoms with van der Waals surface area (Å²) < 4.78 is 11.2. The van der Waals surface area contributed by atoms with E-state index in [1.807, 2.05) is 25.1 Å². The summed E-state index contributed by atoms with van der Waals surface area (Å²) in [4.78, 5) is 12.0. The van der Waals surface area contributed by atoms with Gasteiger partial charge in [-0.05, 0) is 47.1 Å². The SMILES string of the molecule is COc1ccc(/C=N\NC(=O)c2ccc(C)cc2)c(Br)c1OC. The van der Waals surface area contributed by atoms with Gasteiger partial charge in [0, 0.05) is 11.1 Å². The van der Waals surface area contributed by atoms with E-state index >= 15 is 0 Å². The smallest absolute Gasteiger partial charge is 0.271 e. The van der Waals surface area contributed by atoms with Gasteiger partial charge in [-0.3, -0.25) is 4.79 Å². The van der Waals surface area contributed by atoms with Crippen molar-refractivity contribution in [3.05, 3.63) is 57.6 Å². The molecule has 2 rings (SSSR count). The monoisotopic (exact) mass is 376 g/mol. The molecule has 2 aromatic carbocycles. The van der Waals surface area contributed by atoms with Gasteiger partial charge in [0.2, 0.25) is 0 Å². The predicted molar refractivity (Wildman–Crippen MR) is 93.5 cm³/mol. The van der Waals surface area contributed by atoms with Crippen molar-refractivity contribution < 1.29 is 14.3 Å². The van der Waals surface area contributed by atoms with Crippen LogP contribution in [0.2, 0.25) is 0 Å². The number of methoxy groups -OCH3 is 2. The number of hydrazone groups is 1. The summed E-state index contributed by atoms with van der Waals surface area (Å²) in [7, 11) is 3.13. The fraction of sp³-hybridized carbons (Fsp3) is 0.176. The van der Waals surface area contributed by atoms with Crippen LogP contribution in [0.25, 0.3) is 0 Å². The summed E-state index contributed by atoms with van der Waals surface area (Å²) >= 11 is 3.44. The second-order valence-corrected chi connectivity index (χ2v) is 5.56. The molecular formula is C17H17BrN2O3. The summed E-state index contributed by atoms with van der Waals surface area (Å²) in [5.74, 6) is 0.916. The van der Waals surface area contributed by atoms with Crippen LogP contribution in [0, 0.1) is 6.92 Å². The molecule has 1 amide bonds. The highest BCUT2D eigenvalue weighted by atomic mass is 79.9. The van der Waals surface area contributed by atoms with E-state index in [1.165, 1.54) is 6.21 Å². The number of rotatable bonds is 5. The molecule has 1 N–H and O–H groups in total. The zero-order chi connectivity index (χ0) is 16.8. The Hall–Kier alpha value is -2.34. The Kier molecular flexibility index (Phi) is 5.76. The van der Waals surface area contributed by atoms with E-state index in [2.05, 4.69) is 26.5 Å². The third-order valence-electron chi connectivity index (χ3n) is 3.20. The number of hydrogen-bond donors (Lipinski definition) is 1. The molecule has 0 aromatic heterocycles. The molecule has 0 radical (unpaired) electrons. The predicted octanol–water partition coefficient (Wildman–Crippen LogP) is 3.54. The van der Waals surface area contributed by atoms with Crippen molar-refractivity contribution in [2.75, 3.05) is 14.2 Å². The van der Waals surface area contributed by atoms with Crippen LogP contribution in [0.4, 0.5) is 0 Å². The number of nitrogens with zero attached hydrogens (tertiary/aromatic N) is 1. The van der Waals surface area contributed by atoms with Gasteiger partial charge in [0.1, 0.15) is 0 Å². The maximum absolute atomic E-state index is 12.0. The normalized spacial score (nSPS) is 10.6. The zero-order valence-corrected chi connectivity index (χ0v) is 14.7. The number of aryl methyl sites for hydroxylation is 1. The molecule has 23 heavy (non-hydrogen) atoms. The minimum atomic E-state index is -0.266. The molecule has 5 nitrogen and oxygen atoms in total. The standard InChI is InChI=1S/C17H17BrN2O3/c1-11-4-6-12(7-5-11)17(21)20-19-10-13-8-9-14(22-2)16(23-3)15(13)18/h4-10H,1-3H3,(H,20,21)/b19-10-. The van der Waals surface area contributed by atoms with Gasteiger partial charge in [0.15, 0.2) is 11.5 Å². The lowest BCUT2D eigenvalue weighted by Gasteiger charge is -2.10. The first kappa shape index (κ1) is 17.0. The molecule has 6 heteroatoms. The molecule has 0 aliphatic rings. The van der Waals surface area contributed by atoms with Crippen LogP contribution in [0.3, 0.4) is 0 Å². The van der Waals surface area contributed by atoms with Gasteiger partial charge in [-0.1, -0.05) is 17.7 Å². The topological polar surface area (TPSA) is 59.9 Å². The van der Waals surface area contributed by atoms with Crippen molar-refractivity contribution in [1.82, 2.24) is 5.43 Å². The molecule has 0 heterocycles. The van der Waals surface area contributed by atoms with Crippen molar-refractivity contribution in [3.8, 4) is 11.5 Å². The van der Waals surface area contributed by atoms with Gasteiger partial charge >= 0.3 is 0 Å². The summed E-state index contributed by atoms with van der Waals surface area (Å²) in [5, 5.41) is 3.98. The first-order valence-electron chi connectivity index (χ1n) is 6.87. The molecule has 120 valence electrons. The molecule has 0 spiro atoms. The molecule has 0 aliphatic carbocycles. The van der Waals surface area contributed by atoms with Crippen LogP contribution < -0.4 is 14.9 Å². The molecular weight excluding hydrogens is 360 g/mol. The highest BCUT2D eigenvalue weighted by Crippen LogP contribution is 2.36. The maximum atomic E-state index is 12.0. The highest BCUT2D eigenvalue weighted by molar-refractivity contribution is 9.10. The summed E-state index contributed by atoms with van der Waals surface area (Å²) in [6.07, 6.45) is 1.54. The number of nitrogens with one attached hydrogen (secondary N) is 1. The Labute approximate surface area is 143 Å². The van der Waals surface area contributed by atoms with E-state index in [0.717, 1.165) is 11.1 Å². The Morgan fingerprint density at radius 1 is 1.13 bits per heavy atom. The number of halogens is 1. The second-order valence-electron chi connectivity index (χ2n) is 4.77. The van der Waals surface area contributed by atoms with E-state index < -0.39 is 0 Å². The molecule has 0 aliphatic heterocycles. The Balaban J connectivity index is 2.11. The van der Waals surface area contributed by atoms with Crippen molar-refractivity contribution in [1.29, 1.82) is 0 Å². The average Bonchev–Trinajstić information content (AvgIpc) is 2.56. The first-order chi connectivity index (χ1) is 11.1. The van der Waals surface area contributed by atoms with E-state index in [4.69, 9.17) is 9.47 Å². The molecule has 0 fully saturated rings. The van der Waals surface area contributed by atoms with Gasteiger partial charge in [0.25, 0.3) is 5.91 Å². The molecule has 0 unspecified atom stereocenters. The average molecular weight is 377 g/mol. The fourth-order valence-electron chi connectivity index (χ4n) is 1.93. The van der Waals surface area contributed by atoms with Gasteiger partial charge in [-0.2, -0.15) is 5.10 Å². The quantitative estimate of drug-likeness (QED) is 0.641. The van der Waals surface area contributed by atoms with Crippen molar-refractivity contribution in [2.45, 2.75) is 6.92 Å². The fourth-order valence-corrected chi connectivity index (χ4v) is 2.53. The third kappa shape index (κ3) is 4.10. The number of benzene rings is 2. The van der Waals surface area contributed by atoms with Gasteiger partial charge in [-0.15, -0.1) is 0 Å². The first-order valence-corrected chi connectivity index (χ1v) is 7.66. The molecule has 0 bridgehead atoms. The third-order valence-corrected chi connectivity index (χ3v) is 4.02. The van der Waals surface area contributed by atoms with Gasteiger partial charge < -0.3 is 9.47 Å².